The number of cyclic esters (lactones) is 1. The third kappa shape index (κ3) is 8.66. The van der Waals surface area contributed by atoms with Gasteiger partial charge in [-0.15, -0.1) is 0 Å². The number of esters is 1. The molecule has 1 aliphatic heterocycles. The Morgan fingerprint density at radius 3 is 1.85 bits per heavy atom. The SMILES string of the molecule is CCOC(OCC)c1cccc(C=Nc2cccc3c2COC3=O)c1.CCOC(OCC)c1cccc(C=O)c1. The number of nitrogens with zero attached hydrogens (tertiary/aromatic N) is 1. The van der Waals surface area contributed by atoms with Crippen LogP contribution in [0.25, 0.3) is 0 Å². The molecule has 3 aromatic rings. The van der Waals surface area contributed by atoms with Crippen LogP contribution in [0.15, 0.2) is 71.7 Å². The summed E-state index contributed by atoms with van der Waals surface area (Å²) < 4.78 is 27.2. The summed E-state index contributed by atoms with van der Waals surface area (Å²) in [4.78, 5) is 26.8. The van der Waals surface area contributed by atoms with Crippen molar-refractivity contribution >= 4 is 24.2 Å². The topological polar surface area (TPSA) is 92.7 Å². The van der Waals surface area contributed by atoms with Crippen molar-refractivity contribution in [3.63, 3.8) is 0 Å². The summed E-state index contributed by atoms with van der Waals surface area (Å²) in [5.74, 6) is -0.287. The molecule has 0 spiro atoms. The highest BCUT2D eigenvalue weighted by atomic mass is 16.7. The number of ether oxygens (including phenoxy) is 5. The minimum absolute atomic E-state index is 0.276. The fraction of sp³-hybridized carbons (Fsp3) is 0.344. The lowest BCUT2D eigenvalue weighted by atomic mass is 10.1. The first-order chi connectivity index (χ1) is 19.5. The third-order valence-electron chi connectivity index (χ3n) is 5.85. The van der Waals surface area contributed by atoms with Gasteiger partial charge in [-0.1, -0.05) is 42.5 Å². The van der Waals surface area contributed by atoms with E-state index < -0.39 is 0 Å². The van der Waals surface area contributed by atoms with E-state index in [0.717, 1.165) is 34.2 Å². The molecule has 0 fully saturated rings. The second-order valence-electron chi connectivity index (χ2n) is 8.58. The molecule has 212 valence electrons. The van der Waals surface area contributed by atoms with Gasteiger partial charge < -0.3 is 23.7 Å². The van der Waals surface area contributed by atoms with Crippen molar-refractivity contribution in [1.82, 2.24) is 0 Å². The maximum atomic E-state index is 11.6. The quantitative estimate of drug-likeness (QED) is 0.101. The first-order valence-electron chi connectivity index (χ1n) is 13.5. The molecule has 0 amide bonds. The van der Waals surface area contributed by atoms with E-state index in [0.29, 0.717) is 37.6 Å². The molecule has 0 aliphatic carbocycles. The number of carbonyl (C=O) groups excluding carboxylic acids is 2. The number of rotatable bonds is 13. The van der Waals surface area contributed by atoms with Crippen molar-refractivity contribution in [2.45, 2.75) is 46.9 Å². The van der Waals surface area contributed by atoms with E-state index in [4.69, 9.17) is 23.7 Å². The maximum absolute atomic E-state index is 11.6. The summed E-state index contributed by atoms with van der Waals surface area (Å²) in [6.45, 7) is 10.3. The van der Waals surface area contributed by atoms with E-state index in [2.05, 4.69) is 4.99 Å². The summed E-state index contributed by atoms with van der Waals surface area (Å²) >= 11 is 0. The van der Waals surface area contributed by atoms with Crippen molar-refractivity contribution in [1.29, 1.82) is 0 Å². The molecule has 1 aliphatic rings. The van der Waals surface area contributed by atoms with Gasteiger partial charge in [0.1, 0.15) is 12.9 Å². The van der Waals surface area contributed by atoms with Crippen molar-refractivity contribution in [3.05, 3.63) is 100 Å². The Hall–Kier alpha value is -3.69. The van der Waals surface area contributed by atoms with Crippen LogP contribution in [0, 0.1) is 0 Å². The first kappa shape index (κ1) is 30.8. The highest BCUT2D eigenvalue weighted by molar-refractivity contribution is 5.95. The van der Waals surface area contributed by atoms with Gasteiger partial charge in [-0.25, -0.2) is 4.79 Å². The van der Waals surface area contributed by atoms with Gasteiger partial charge in [0, 0.05) is 54.9 Å². The van der Waals surface area contributed by atoms with Crippen LogP contribution < -0.4 is 0 Å². The lowest BCUT2D eigenvalue weighted by Crippen LogP contribution is -2.09. The lowest BCUT2D eigenvalue weighted by molar-refractivity contribution is -0.140. The summed E-state index contributed by atoms with van der Waals surface area (Å²) in [6.07, 6.45) is 1.84. The molecular weight excluding hydrogens is 510 g/mol. The predicted molar refractivity (Wildman–Crippen MR) is 153 cm³/mol. The Bertz CT molecular complexity index is 1260. The molecule has 0 unspecified atom stereocenters. The van der Waals surface area contributed by atoms with Gasteiger partial charge in [0.05, 0.1) is 11.3 Å². The fourth-order valence-electron chi connectivity index (χ4n) is 4.05. The minimum Gasteiger partial charge on any atom is -0.457 e. The first-order valence-corrected chi connectivity index (χ1v) is 13.5. The highest BCUT2D eigenvalue weighted by Gasteiger charge is 2.23. The van der Waals surface area contributed by atoms with Gasteiger partial charge in [0.25, 0.3) is 0 Å². The maximum Gasteiger partial charge on any atom is 0.338 e. The molecule has 0 radical (unpaired) electrons. The molecule has 8 nitrogen and oxygen atoms in total. The van der Waals surface area contributed by atoms with Gasteiger partial charge in [0.2, 0.25) is 0 Å². The predicted octanol–water partition coefficient (Wildman–Crippen LogP) is 6.75. The Kier molecular flexibility index (Phi) is 12.7. The van der Waals surface area contributed by atoms with Gasteiger partial charge in [-0.3, -0.25) is 9.79 Å². The van der Waals surface area contributed by atoms with Crippen LogP contribution in [0.1, 0.15) is 83.2 Å². The van der Waals surface area contributed by atoms with Crippen LogP contribution in [-0.2, 0) is 30.3 Å². The number of hydrogen-bond acceptors (Lipinski definition) is 8. The van der Waals surface area contributed by atoms with Crippen molar-refractivity contribution in [2.24, 2.45) is 4.99 Å². The summed E-state index contributed by atoms with van der Waals surface area (Å²) in [5, 5.41) is 0. The highest BCUT2D eigenvalue weighted by Crippen LogP contribution is 2.29. The van der Waals surface area contributed by atoms with E-state index in [9.17, 15) is 9.59 Å². The Labute approximate surface area is 235 Å². The van der Waals surface area contributed by atoms with Crippen LogP contribution in [0.2, 0.25) is 0 Å². The van der Waals surface area contributed by atoms with E-state index in [1.807, 2.05) is 76.2 Å². The van der Waals surface area contributed by atoms with E-state index >= 15 is 0 Å². The van der Waals surface area contributed by atoms with Crippen molar-refractivity contribution < 1.29 is 33.3 Å². The van der Waals surface area contributed by atoms with Gasteiger partial charge >= 0.3 is 5.97 Å². The smallest absolute Gasteiger partial charge is 0.338 e. The number of carbonyl (C=O) groups is 2. The minimum atomic E-state index is -0.379. The number of hydrogen-bond donors (Lipinski definition) is 0. The second-order valence-corrected chi connectivity index (χ2v) is 8.58. The van der Waals surface area contributed by atoms with Crippen molar-refractivity contribution in [3.8, 4) is 0 Å². The molecule has 0 aromatic heterocycles. The van der Waals surface area contributed by atoms with Crippen LogP contribution >= 0.6 is 0 Å². The summed E-state index contributed by atoms with van der Waals surface area (Å²) in [7, 11) is 0. The lowest BCUT2D eigenvalue weighted by Gasteiger charge is -2.17. The molecule has 0 saturated carbocycles. The number of aliphatic imine (C=N–C) groups is 1. The van der Waals surface area contributed by atoms with E-state index in [1.54, 1.807) is 24.4 Å². The van der Waals surface area contributed by atoms with E-state index in [1.165, 1.54) is 0 Å². The number of aldehydes is 1. The van der Waals surface area contributed by atoms with Gasteiger partial charge in [0.15, 0.2) is 12.6 Å². The van der Waals surface area contributed by atoms with Gasteiger partial charge in [-0.2, -0.15) is 0 Å². The van der Waals surface area contributed by atoms with E-state index in [-0.39, 0.29) is 25.2 Å². The number of fused-ring (bicyclic) bond motifs is 1. The number of benzene rings is 3. The van der Waals surface area contributed by atoms with Crippen LogP contribution in [0.4, 0.5) is 5.69 Å². The van der Waals surface area contributed by atoms with Crippen LogP contribution in [-0.4, -0.2) is 44.9 Å². The Balaban J connectivity index is 0.000000252. The molecule has 0 bridgehead atoms. The molecule has 0 atom stereocenters. The zero-order valence-corrected chi connectivity index (χ0v) is 23.5. The zero-order valence-electron chi connectivity index (χ0n) is 23.5. The standard InChI is InChI=1S/C20H21NO4.C12H16O3/c1-3-23-20(24-4-2)15-8-5-7-14(11-15)12-21-18-10-6-9-16-17(18)13-25-19(16)22;1-3-14-12(15-4-2)11-7-5-6-10(8-11)9-13/h5-12,20H,3-4,13H2,1-2H3;5-9,12H,3-4H2,1-2H3. The Morgan fingerprint density at radius 2 is 1.30 bits per heavy atom. The normalized spacial score (nSPS) is 12.4. The summed E-state index contributed by atoms with van der Waals surface area (Å²) in [6, 6.07) is 20.6. The largest absolute Gasteiger partial charge is 0.457 e. The van der Waals surface area contributed by atoms with Crippen LogP contribution in [0.5, 0.6) is 0 Å². The molecule has 0 saturated heterocycles. The average Bonchev–Trinajstić information content (AvgIpc) is 3.37. The molecule has 0 N–H and O–H groups in total. The second kappa shape index (κ2) is 16.4. The molecule has 40 heavy (non-hydrogen) atoms. The third-order valence-corrected chi connectivity index (χ3v) is 5.85. The molecule has 4 rings (SSSR count). The monoisotopic (exact) mass is 547 g/mol. The molecule has 3 aromatic carbocycles. The van der Waals surface area contributed by atoms with Crippen molar-refractivity contribution in [2.75, 3.05) is 26.4 Å². The molecule has 8 heteroatoms. The van der Waals surface area contributed by atoms with Crippen LogP contribution in [0.3, 0.4) is 0 Å². The molecular formula is C32H37NO7. The van der Waals surface area contributed by atoms with Gasteiger partial charge in [-0.05, 0) is 57.5 Å². The fourth-order valence-corrected chi connectivity index (χ4v) is 4.05. The molecule has 1 heterocycles. The summed E-state index contributed by atoms with van der Waals surface area (Å²) in [5.41, 5.74) is 5.58. The zero-order chi connectivity index (χ0) is 28.7. The average molecular weight is 548 g/mol. The Morgan fingerprint density at radius 1 is 0.775 bits per heavy atom.